The topological polar surface area (TPSA) is 66.5 Å². The van der Waals surface area contributed by atoms with Crippen LogP contribution in [0.5, 0.6) is 0 Å². The van der Waals surface area contributed by atoms with Gasteiger partial charge < -0.3 is 4.90 Å². The predicted molar refractivity (Wildman–Crippen MR) is 98.1 cm³/mol. The number of benzene rings is 2. The molecule has 6 heteroatoms. The fourth-order valence-electron chi connectivity index (χ4n) is 3.20. The Morgan fingerprint density at radius 2 is 1.84 bits per heavy atom. The largest absolute Gasteiger partial charge is 0.314 e. The number of fused-ring (bicyclic) bond motifs is 1. The van der Waals surface area contributed by atoms with Crippen LogP contribution in [0.4, 0.5) is 5.69 Å². The molecule has 0 fully saturated rings. The number of carbonyl (C=O) groups is 1. The summed E-state index contributed by atoms with van der Waals surface area (Å²) >= 11 is 0. The van der Waals surface area contributed by atoms with E-state index in [0.717, 1.165) is 22.4 Å². The standard InChI is InChI=1S/C19H22N2O3S/c1-13-6-5-7-14(10-13)12-20-25(23,24)15-8-9-17-16(11-15)19(2,3)18(22)21(17)4/h5-11,20H,12H2,1-4H3. The van der Waals surface area contributed by atoms with Crippen LogP contribution in [0.15, 0.2) is 47.4 Å². The van der Waals surface area contributed by atoms with E-state index in [2.05, 4.69) is 4.72 Å². The number of nitrogens with one attached hydrogen (secondary N) is 1. The quantitative estimate of drug-likeness (QED) is 0.914. The Morgan fingerprint density at radius 3 is 2.52 bits per heavy atom. The van der Waals surface area contributed by atoms with E-state index in [1.807, 2.05) is 45.0 Å². The number of nitrogens with zero attached hydrogens (tertiary/aromatic N) is 1. The van der Waals surface area contributed by atoms with Crippen LogP contribution >= 0.6 is 0 Å². The third-order valence-electron chi connectivity index (χ3n) is 4.70. The lowest BCUT2D eigenvalue weighted by Crippen LogP contribution is -2.33. The molecule has 1 aliphatic heterocycles. The predicted octanol–water partition coefficient (Wildman–Crippen LogP) is 2.73. The van der Waals surface area contributed by atoms with Crippen LogP contribution in [0.1, 0.15) is 30.5 Å². The molecule has 0 saturated carbocycles. The van der Waals surface area contributed by atoms with E-state index in [-0.39, 0.29) is 17.3 Å². The Morgan fingerprint density at radius 1 is 1.12 bits per heavy atom. The van der Waals surface area contributed by atoms with E-state index >= 15 is 0 Å². The summed E-state index contributed by atoms with van der Waals surface area (Å²) in [7, 11) is -1.95. The molecule has 25 heavy (non-hydrogen) atoms. The number of aryl methyl sites for hydroxylation is 1. The van der Waals surface area contributed by atoms with Crippen molar-refractivity contribution in [2.45, 2.75) is 37.6 Å². The summed E-state index contributed by atoms with van der Waals surface area (Å²) in [5.41, 5.74) is 2.75. The van der Waals surface area contributed by atoms with Gasteiger partial charge >= 0.3 is 0 Å². The van der Waals surface area contributed by atoms with Gasteiger partial charge in [-0.15, -0.1) is 0 Å². The van der Waals surface area contributed by atoms with Gasteiger partial charge in [0.15, 0.2) is 0 Å². The first-order valence-corrected chi connectivity index (χ1v) is 9.59. The SMILES string of the molecule is Cc1cccc(CNS(=O)(=O)c2ccc3c(c2)C(C)(C)C(=O)N3C)c1. The first kappa shape index (κ1) is 17.6. The Kier molecular flexibility index (Phi) is 4.21. The van der Waals surface area contributed by atoms with E-state index < -0.39 is 15.4 Å². The van der Waals surface area contributed by atoms with Gasteiger partial charge in [0.1, 0.15) is 0 Å². The van der Waals surface area contributed by atoms with Crippen LogP contribution in [-0.4, -0.2) is 21.4 Å². The van der Waals surface area contributed by atoms with Gasteiger partial charge in [-0.3, -0.25) is 4.79 Å². The zero-order chi connectivity index (χ0) is 18.4. The fraction of sp³-hybridized carbons (Fsp3) is 0.316. The number of likely N-dealkylation sites (N-methyl/N-ethyl adjacent to an activating group) is 1. The number of hydrogen-bond acceptors (Lipinski definition) is 3. The number of rotatable bonds is 4. The molecular weight excluding hydrogens is 336 g/mol. The van der Waals surface area contributed by atoms with Crippen LogP contribution in [0.25, 0.3) is 0 Å². The molecular formula is C19H22N2O3S. The van der Waals surface area contributed by atoms with E-state index in [9.17, 15) is 13.2 Å². The zero-order valence-corrected chi connectivity index (χ0v) is 15.6. The maximum absolute atomic E-state index is 12.7. The average Bonchev–Trinajstić information content (AvgIpc) is 2.74. The Labute approximate surface area is 148 Å². The smallest absolute Gasteiger partial charge is 0.240 e. The third-order valence-corrected chi connectivity index (χ3v) is 6.10. The maximum atomic E-state index is 12.7. The molecule has 0 radical (unpaired) electrons. The normalized spacial score (nSPS) is 16.2. The average molecular weight is 358 g/mol. The molecule has 3 rings (SSSR count). The molecule has 0 atom stereocenters. The second kappa shape index (κ2) is 5.97. The van der Waals surface area contributed by atoms with E-state index in [4.69, 9.17) is 0 Å². The summed E-state index contributed by atoms with van der Waals surface area (Å²) in [6.45, 7) is 5.82. The van der Waals surface area contributed by atoms with Crippen LogP contribution < -0.4 is 9.62 Å². The third kappa shape index (κ3) is 3.07. The molecule has 0 spiro atoms. The minimum absolute atomic E-state index is 0.0373. The number of sulfonamides is 1. The Balaban J connectivity index is 1.89. The van der Waals surface area contributed by atoms with Crippen molar-refractivity contribution < 1.29 is 13.2 Å². The van der Waals surface area contributed by atoms with Crippen molar-refractivity contribution in [3.05, 3.63) is 59.2 Å². The first-order valence-electron chi connectivity index (χ1n) is 8.11. The minimum atomic E-state index is -3.66. The summed E-state index contributed by atoms with van der Waals surface area (Å²) in [5, 5.41) is 0. The molecule has 1 heterocycles. The zero-order valence-electron chi connectivity index (χ0n) is 14.8. The second-order valence-electron chi connectivity index (χ2n) is 6.98. The number of carbonyl (C=O) groups excluding carboxylic acids is 1. The molecule has 1 N–H and O–H groups in total. The fourth-order valence-corrected chi connectivity index (χ4v) is 4.25. The highest BCUT2D eigenvalue weighted by Crippen LogP contribution is 2.41. The number of anilines is 1. The van der Waals surface area contributed by atoms with Gasteiger partial charge in [-0.2, -0.15) is 0 Å². The van der Waals surface area contributed by atoms with Gasteiger partial charge in [0.25, 0.3) is 0 Å². The van der Waals surface area contributed by atoms with Gasteiger partial charge in [-0.25, -0.2) is 13.1 Å². The van der Waals surface area contributed by atoms with Crippen molar-refractivity contribution >= 4 is 21.6 Å². The molecule has 132 valence electrons. The second-order valence-corrected chi connectivity index (χ2v) is 8.75. The van der Waals surface area contributed by atoms with E-state index in [1.54, 1.807) is 30.1 Å². The monoisotopic (exact) mass is 358 g/mol. The van der Waals surface area contributed by atoms with Crippen molar-refractivity contribution in [3.63, 3.8) is 0 Å². The molecule has 0 bridgehead atoms. The minimum Gasteiger partial charge on any atom is -0.314 e. The lowest BCUT2D eigenvalue weighted by molar-refractivity contribution is -0.121. The summed E-state index contributed by atoms with van der Waals surface area (Å²) in [5.74, 6) is -0.0373. The van der Waals surface area contributed by atoms with Crippen molar-refractivity contribution in [1.29, 1.82) is 0 Å². The van der Waals surface area contributed by atoms with Gasteiger partial charge in [0, 0.05) is 19.3 Å². The van der Waals surface area contributed by atoms with E-state index in [0.29, 0.717) is 0 Å². The molecule has 0 aliphatic carbocycles. The highest BCUT2D eigenvalue weighted by molar-refractivity contribution is 7.89. The lowest BCUT2D eigenvalue weighted by Gasteiger charge is -2.16. The highest BCUT2D eigenvalue weighted by atomic mass is 32.2. The lowest BCUT2D eigenvalue weighted by atomic mass is 9.86. The number of hydrogen-bond donors (Lipinski definition) is 1. The summed E-state index contributed by atoms with van der Waals surface area (Å²) in [6, 6.07) is 12.5. The molecule has 2 aromatic carbocycles. The Bertz CT molecular complexity index is 949. The maximum Gasteiger partial charge on any atom is 0.240 e. The molecule has 1 amide bonds. The first-order chi connectivity index (χ1) is 11.6. The van der Waals surface area contributed by atoms with Crippen LogP contribution in [0, 0.1) is 6.92 Å². The Hall–Kier alpha value is -2.18. The molecule has 0 saturated heterocycles. The van der Waals surface area contributed by atoms with E-state index in [1.165, 1.54) is 0 Å². The van der Waals surface area contributed by atoms with Crippen molar-refractivity contribution in [1.82, 2.24) is 4.72 Å². The van der Waals surface area contributed by atoms with Gasteiger partial charge in [0.05, 0.1) is 10.3 Å². The number of amides is 1. The van der Waals surface area contributed by atoms with Crippen molar-refractivity contribution in [2.24, 2.45) is 0 Å². The van der Waals surface area contributed by atoms with Crippen LogP contribution in [-0.2, 0) is 26.8 Å². The van der Waals surface area contributed by atoms with Crippen molar-refractivity contribution in [3.8, 4) is 0 Å². The molecule has 0 unspecified atom stereocenters. The molecule has 2 aromatic rings. The van der Waals surface area contributed by atoms with Gasteiger partial charge in [-0.05, 0) is 50.1 Å². The van der Waals surface area contributed by atoms with Crippen molar-refractivity contribution in [2.75, 3.05) is 11.9 Å². The highest BCUT2D eigenvalue weighted by Gasteiger charge is 2.42. The van der Waals surface area contributed by atoms with Crippen LogP contribution in [0.2, 0.25) is 0 Å². The van der Waals surface area contributed by atoms with Gasteiger partial charge in [-0.1, -0.05) is 29.8 Å². The molecule has 5 nitrogen and oxygen atoms in total. The summed E-state index contributed by atoms with van der Waals surface area (Å²) < 4.78 is 27.9. The van der Waals surface area contributed by atoms with Crippen LogP contribution in [0.3, 0.4) is 0 Å². The summed E-state index contributed by atoms with van der Waals surface area (Å²) in [4.78, 5) is 14.1. The summed E-state index contributed by atoms with van der Waals surface area (Å²) in [6.07, 6.45) is 0. The molecule has 0 aromatic heterocycles. The van der Waals surface area contributed by atoms with Gasteiger partial charge in [0.2, 0.25) is 15.9 Å². The molecule has 1 aliphatic rings.